The van der Waals surface area contributed by atoms with E-state index in [4.69, 9.17) is 11.3 Å². The van der Waals surface area contributed by atoms with Crippen LogP contribution in [0.3, 0.4) is 0 Å². The van der Waals surface area contributed by atoms with Gasteiger partial charge in [0.05, 0.1) is 0 Å². The van der Waals surface area contributed by atoms with Crippen LogP contribution in [0.25, 0.3) is 65.9 Å². The van der Waals surface area contributed by atoms with Crippen molar-refractivity contribution < 1.29 is 31.4 Å². The maximum atomic E-state index is 8.87. The molecular formula is C47H42IrNO. The maximum Gasteiger partial charge on any atom is 3.00 e. The van der Waals surface area contributed by atoms with E-state index < -0.39 is 18.6 Å². The Balaban J connectivity index is 0.000000254. The number of furan rings is 1. The fourth-order valence-electron chi connectivity index (χ4n) is 6.18. The molecule has 2 aromatic heterocycles. The van der Waals surface area contributed by atoms with Gasteiger partial charge in [0.2, 0.25) is 0 Å². The predicted octanol–water partition coefficient (Wildman–Crippen LogP) is 12.9. The number of hydrogen-bond donors (Lipinski definition) is 0. The van der Waals surface area contributed by atoms with Crippen LogP contribution in [-0.2, 0) is 31.9 Å². The van der Waals surface area contributed by atoms with Crippen LogP contribution in [0, 0.1) is 30.5 Å². The van der Waals surface area contributed by atoms with Crippen molar-refractivity contribution in [2.75, 3.05) is 0 Å². The zero-order chi connectivity index (χ0) is 38.6. The van der Waals surface area contributed by atoms with Gasteiger partial charge in [-0.15, -0.1) is 53.1 Å². The first-order valence-electron chi connectivity index (χ1n) is 19.1. The van der Waals surface area contributed by atoms with Crippen LogP contribution in [0.2, 0.25) is 0 Å². The van der Waals surface area contributed by atoms with Crippen molar-refractivity contribution >= 4 is 43.5 Å². The van der Waals surface area contributed by atoms with Gasteiger partial charge >= 0.3 is 20.1 Å². The van der Waals surface area contributed by atoms with Crippen molar-refractivity contribution in [2.45, 2.75) is 60.2 Å². The molecule has 0 fully saturated rings. The quantitative estimate of drug-likeness (QED) is 0.131. The summed E-state index contributed by atoms with van der Waals surface area (Å²) in [6.07, 6.45) is -0.0299. The molecule has 8 rings (SSSR count). The normalized spacial score (nSPS) is 13.8. The average Bonchev–Trinajstić information content (AvgIpc) is 3.51. The first-order valence-corrected chi connectivity index (χ1v) is 16.6. The summed E-state index contributed by atoms with van der Waals surface area (Å²) < 4.78 is 48.2. The van der Waals surface area contributed by atoms with Crippen molar-refractivity contribution in [1.82, 2.24) is 4.98 Å². The molecule has 0 saturated carbocycles. The van der Waals surface area contributed by atoms with Crippen LogP contribution < -0.4 is 0 Å². The molecule has 0 radical (unpaired) electrons. The van der Waals surface area contributed by atoms with E-state index in [-0.39, 0.29) is 36.6 Å². The zero-order valence-corrected chi connectivity index (χ0v) is 31.6. The summed E-state index contributed by atoms with van der Waals surface area (Å²) in [5, 5.41) is 6.42. The summed E-state index contributed by atoms with van der Waals surface area (Å²) in [5.74, 6) is 0. The van der Waals surface area contributed by atoms with E-state index in [0.717, 1.165) is 49.2 Å². The Morgan fingerprint density at radius 1 is 0.720 bits per heavy atom. The number of aryl methyl sites for hydroxylation is 1. The molecule has 0 aliphatic rings. The fourth-order valence-corrected chi connectivity index (χ4v) is 6.18. The predicted molar refractivity (Wildman–Crippen MR) is 207 cm³/mol. The van der Waals surface area contributed by atoms with E-state index in [1.165, 1.54) is 11.6 Å². The summed E-state index contributed by atoms with van der Waals surface area (Å²) in [7, 11) is 0. The molecule has 0 spiro atoms. The summed E-state index contributed by atoms with van der Waals surface area (Å²) >= 11 is 0. The van der Waals surface area contributed by atoms with Crippen molar-refractivity contribution in [1.29, 1.82) is 0 Å². The molecule has 0 atom stereocenters. The van der Waals surface area contributed by atoms with Gasteiger partial charge in [0.25, 0.3) is 0 Å². The Bertz CT molecular complexity index is 2650. The number of aromatic nitrogens is 1. The number of pyridine rings is 1. The molecule has 50 heavy (non-hydrogen) atoms. The fraction of sp³-hybridized carbons (Fsp3) is 0.213. The van der Waals surface area contributed by atoms with Gasteiger partial charge in [-0.3, -0.25) is 0 Å². The van der Waals surface area contributed by atoms with E-state index in [1.807, 2.05) is 54.7 Å². The molecule has 0 aliphatic heterocycles. The Kier molecular flexibility index (Phi) is 8.17. The second kappa shape index (κ2) is 14.0. The SMILES string of the molecule is CC(C)(C)c1ccnc(-c2[c-]cccc2)c1.[2H]C([2H])([2H])c1c[c-]c(-c2[c-]ccc3c2oc2cc4c(ccc5ccccc54)cc23)cc1C([2H])([2H])C(C)(C)C.[Ir+3]. The molecule has 2 heterocycles. The number of benzene rings is 6. The van der Waals surface area contributed by atoms with Crippen LogP contribution in [0.4, 0.5) is 0 Å². The number of fused-ring (bicyclic) bond motifs is 6. The smallest absolute Gasteiger partial charge is 0.510 e. The molecule has 6 aromatic carbocycles. The van der Waals surface area contributed by atoms with Crippen molar-refractivity contribution in [3.63, 3.8) is 0 Å². The van der Waals surface area contributed by atoms with Gasteiger partial charge in [-0.2, -0.15) is 35.9 Å². The largest absolute Gasteiger partial charge is 3.00 e. The monoisotopic (exact) mass is 834 g/mol. The molecule has 0 saturated heterocycles. The molecule has 0 unspecified atom stereocenters. The molecule has 3 heteroatoms. The van der Waals surface area contributed by atoms with E-state index >= 15 is 0 Å². The summed E-state index contributed by atoms with van der Waals surface area (Å²) in [6, 6.07) is 45.2. The average molecular weight is 834 g/mol. The van der Waals surface area contributed by atoms with E-state index in [0.29, 0.717) is 16.7 Å². The molecule has 0 aliphatic carbocycles. The Labute approximate surface area is 317 Å². The molecule has 0 amide bonds. The Morgan fingerprint density at radius 3 is 2.28 bits per heavy atom. The summed E-state index contributed by atoms with van der Waals surface area (Å²) in [5.41, 5.74) is 5.30. The van der Waals surface area contributed by atoms with Gasteiger partial charge in [-0.25, -0.2) is 5.56 Å². The van der Waals surface area contributed by atoms with Gasteiger partial charge in [0.1, 0.15) is 5.58 Å². The third kappa shape index (κ3) is 7.31. The number of nitrogens with zero attached hydrogens (tertiary/aromatic N) is 1. The third-order valence-corrected chi connectivity index (χ3v) is 8.64. The molecule has 8 aromatic rings. The minimum atomic E-state index is -2.47. The summed E-state index contributed by atoms with van der Waals surface area (Å²) in [6.45, 7) is 9.47. The number of rotatable bonds is 3. The molecule has 250 valence electrons. The van der Waals surface area contributed by atoms with Gasteiger partial charge < -0.3 is 9.40 Å². The zero-order valence-electron chi connectivity index (χ0n) is 34.2. The first kappa shape index (κ1) is 29.2. The molecule has 0 N–H and O–H groups in total. The van der Waals surface area contributed by atoms with E-state index in [9.17, 15) is 0 Å². The third-order valence-electron chi connectivity index (χ3n) is 8.64. The maximum absolute atomic E-state index is 8.87. The van der Waals surface area contributed by atoms with E-state index in [1.54, 1.807) is 26.8 Å². The second-order valence-corrected chi connectivity index (χ2v) is 14.6. The van der Waals surface area contributed by atoms with E-state index in [2.05, 4.69) is 92.5 Å². The second-order valence-electron chi connectivity index (χ2n) is 14.6. The van der Waals surface area contributed by atoms with Crippen LogP contribution in [0.15, 0.2) is 120 Å². The minimum Gasteiger partial charge on any atom is -0.510 e. The standard InChI is InChI=1S/C32H26O.C15H16N.Ir/c1-20-12-13-22(16-24(20)19-32(2,3)4)26-10-7-11-27-29-17-23-15-14-21-8-5-6-9-25(21)28(23)18-30(29)33-31(26)27;1-15(2,3)13-9-10-16-14(11-13)12-7-5-4-6-8-12;/h5-9,11-12,14-18H,19H2,1-4H3;4-7,9-11H,1-3H3;/q-2;-1;+3/i1D3,19D2;;. The molecule has 2 nitrogen and oxygen atoms in total. The van der Waals surface area contributed by atoms with Crippen LogP contribution >= 0.6 is 0 Å². The van der Waals surface area contributed by atoms with Gasteiger partial charge in [-0.05, 0) is 68.2 Å². The Morgan fingerprint density at radius 2 is 1.52 bits per heavy atom. The first-order chi connectivity index (χ1) is 25.4. The van der Waals surface area contributed by atoms with Crippen LogP contribution in [0.1, 0.15) is 65.1 Å². The topological polar surface area (TPSA) is 26.0 Å². The van der Waals surface area contributed by atoms with Gasteiger partial charge in [-0.1, -0.05) is 96.2 Å². The van der Waals surface area contributed by atoms with Gasteiger partial charge in [0, 0.05) is 24.0 Å². The minimum absolute atomic E-state index is 0. The van der Waals surface area contributed by atoms with Crippen LogP contribution in [0.5, 0.6) is 0 Å². The van der Waals surface area contributed by atoms with Crippen molar-refractivity contribution in [3.05, 3.63) is 150 Å². The molecular weight excluding hydrogens is 787 g/mol. The van der Waals surface area contributed by atoms with Crippen molar-refractivity contribution in [3.8, 4) is 22.4 Å². The van der Waals surface area contributed by atoms with Crippen molar-refractivity contribution in [2.24, 2.45) is 5.41 Å². The summed E-state index contributed by atoms with van der Waals surface area (Å²) in [4.78, 5) is 4.39. The van der Waals surface area contributed by atoms with Crippen LogP contribution in [-0.4, -0.2) is 4.98 Å². The number of hydrogen-bond acceptors (Lipinski definition) is 2. The Hall–Kier alpha value is -4.56. The van der Waals surface area contributed by atoms with Gasteiger partial charge in [0.15, 0.2) is 0 Å². The molecule has 0 bridgehead atoms.